The van der Waals surface area contributed by atoms with E-state index in [4.69, 9.17) is 21.1 Å². The summed E-state index contributed by atoms with van der Waals surface area (Å²) in [7, 11) is 0. The number of alkyl carbamates (subject to hydrolysis) is 1. The highest BCUT2D eigenvalue weighted by Crippen LogP contribution is 2.21. The number of rotatable bonds is 6. The van der Waals surface area contributed by atoms with Gasteiger partial charge in [-0.1, -0.05) is 54.1 Å². The minimum Gasteiger partial charge on any atom is -0.461 e. The normalized spacial score (nSPS) is 12.1. The van der Waals surface area contributed by atoms with Crippen molar-refractivity contribution in [2.75, 3.05) is 0 Å². The first-order chi connectivity index (χ1) is 12.7. The minimum absolute atomic E-state index is 0.0201. The number of benzene rings is 2. The molecule has 0 spiro atoms. The van der Waals surface area contributed by atoms with Crippen molar-refractivity contribution in [3.63, 3.8) is 0 Å². The van der Waals surface area contributed by atoms with Crippen LogP contribution in [0.1, 0.15) is 44.4 Å². The third kappa shape index (κ3) is 7.71. The SMILES string of the molecule is CC(C)(C)OC(=O)NC(CC(=O)OCc1ccccc1)c1ccc(Cl)cc1. The van der Waals surface area contributed by atoms with Gasteiger partial charge in [0.05, 0.1) is 12.5 Å². The van der Waals surface area contributed by atoms with Crippen LogP contribution in [0.2, 0.25) is 5.02 Å². The molecule has 2 rings (SSSR count). The first-order valence-corrected chi connectivity index (χ1v) is 9.05. The van der Waals surface area contributed by atoms with E-state index >= 15 is 0 Å². The molecular formula is C21H24ClNO4. The van der Waals surface area contributed by atoms with Gasteiger partial charge in [0, 0.05) is 5.02 Å². The molecule has 0 aliphatic rings. The highest BCUT2D eigenvalue weighted by atomic mass is 35.5. The summed E-state index contributed by atoms with van der Waals surface area (Å²) in [5.74, 6) is -0.421. The van der Waals surface area contributed by atoms with Crippen LogP contribution in [0.25, 0.3) is 0 Å². The Bertz CT molecular complexity index is 754. The third-order valence-corrected chi connectivity index (χ3v) is 3.83. The summed E-state index contributed by atoms with van der Waals surface area (Å²) in [5.41, 5.74) is 0.999. The van der Waals surface area contributed by atoms with E-state index in [-0.39, 0.29) is 13.0 Å². The molecule has 0 bridgehead atoms. The summed E-state index contributed by atoms with van der Waals surface area (Å²) >= 11 is 5.93. The predicted octanol–water partition coefficient (Wildman–Crippen LogP) is 5.04. The maximum atomic E-state index is 12.3. The lowest BCUT2D eigenvalue weighted by molar-refractivity contribution is -0.145. The molecule has 1 amide bonds. The Hall–Kier alpha value is -2.53. The molecule has 0 heterocycles. The highest BCUT2D eigenvalue weighted by Gasteiger charge is 2.23. The Balaban J connectivity index is 2.03. The lowest BCUT2D eigenvalue weighted by atomic mass is 10.0. The van der Waals surface area contributed by atoms with Crippen LogP contribution in [0.3, 0.4) is 0 Å². The number of hydrogen-bond donors (Lipinski definition) is 1. The quantitative estimate of drug-likeness (QED) is 0.703. The molecule has 1 N–H and O–H groups in total. The first kappa shape index (κ1) is 20.8. The topological polar surface area (TPSA) is 64.6 Å². The number of nitrogens with one attached hydrogen (secondary N) is 1. The molecule has 6 heteroatoms. The van der Waals surface area contributed by atoms with Crippen LogP contribution in [0.5, 0.6) is 0 Å². The average Bonchev–Trinajstić information content (AvgIpc) is 2.59. The van der Waals surface area contributed by atoms with Crippen molar-refractivity contribution in [2.24, 2.45) is 0 Å². The summed E-state index contributed by atoms with van der Waals surface area (Å²) in [6, 6.07) is 15.8. The van der Waals surface area contributed by atoms with E-state index in [1.807, 2.05) is 30.3 Å². The molecule has 5 nitrogen and oxygen atoms in total. The molecule has 27 heavy (non-hydrogen) atoms. The fourth-order valence-corrected chi connectivity index (χ4v) is 2.49. The van der Waals surface area contributed by atoms with Gasteiger partial charge < -0.3 is 14.8 Å². The minimum atomic E-state index is -0.636. The van der Waals surface area contributed by atoms with Gasteiger partial charge in [0.2, 0.25) is 0 Å². The highest BCUT2D eigenvalue weighted by molar-refractivity contribution is 6.30. The molecule has 0 saturated heterocycles. The van der Waals surface area contributed by atoms with Gasteiger partial charge in [0.25, 0.3) is 0 Å². The fourth-order valence-electron chi connectivity index (χ4n) is 2.36. The van der Waals surface area contributed by atoms with Crippen molar-refractivity contribution in [3.05, 3.63) is 70.7 Å². The largest absolute Gasteiger partial charge is 0.461 e. The van der Waals surface area contributed by atoms with Crippen molar-refractivity contribution < 1.29 is 19.1 Å². The van der Waals surface area contributed by atoms with Crippen LogP contribution < -0.4 is 5.32 Å². The molecule has 0 fully saturated rings. The zero-order chi connectivity index (χ0) is 19.9. The smallest absolute Gasteiger partial charge is 0.408 e. The number of halogens is 1. The summed E-state index contributed by atoms with van der Waals surface area (Å²) in [6.07, 6.45) is -0.619. The first-order valence-electron chi connectivity index (χ1n) is 8.67. The van der Waals surface area contributed by atoms with Crippen LogP contribution >= 0.6 is 11.6 Å². The van der Waals surface area contributed by atoms with E-state index in [0.717, 1.165) is 11.1 Å². The van der Waals surface area contributed by atoms with Crippen molar-refractivity contribution in [1.29, 1.82) is 0 Å². The Morgan fingerprint density at radius 1 is 1.04 bits per heavy atom. The molecule has 144 valence electrons. The van der Waals surface area contributed by atoms with Crippen molar-refractivity contribution in [1.82, 2.24) is 5.32 Å². The Labute approximate surface area is 164 Å². The lowest BCUT2D eigenvalue weighted by Crippen LogP contribution is -2.36. The Kier molecular flexibility index (Phi) is 7.25. The number of carbonyl (C=O) groups is 2. The number of amides is 1. The van der Waals surface area contributed by atoms with Gasteiger partial charge in [-0.3, -0.25) is 4.79 Å². The zero-order valence-electron chi connectivity index (χ0n) is 15.7. The molecule has 2 aromatic carbocycles. The number of ether oxygens (including phenoxy) is 2. The maximum Gasteiger partial charge on any atom is 0.408 e. The van der Waals surface area contributed by atoms with Gasteiger partial charge in [0.15, 0.2) is 0 Å². The number of esters is 1. The molecule has 0 saturated carbocycles. The predicted molar refractivity (Wildman–Crippen MR) is 104 cm³/mol. The lowest BCUT2D eigenvalue weighted by Gasteiger charge is -2.23. The van der Waals surface area contributed by atoms with Crippen LogP contribution in [0, 0.1) is 0 Å². The van der Waals surface area contributed by atoms with Crippen molar-refractivity contribution >= 4 is 23.7 Å². The molecular weight excluding hydrogens is 366 g/mol. The van der Waals surface area contributed by atoms with E-state index in [0.29, 0.717) is 5.02 Å². The van der Waals surface area contributed by atoms with E-state index in [2.05, 4.69) is 5.32 Å². The second-order valence-electron chi connectivity index (χ2n) is 7.10. The van der Waals surface area contributed by atoms with Crippen LogP contribution in [0.4, 0.5) is 4.79 Å². The van der Waals surface area contributed by atoms with E-state index in [1.165, 1.54) is 0 Å². The molecule has 0 aliphatic heterocycles. The molecule has 0 aromatic heterocycles. The van der Waals surface area contributed by atoms with Crippen LogP contribution in [0.15, 0.2) is 54.6 Å². The Morgan fingerprint density at radius 3 is 2.26 bits per heavy atom. The molecule has 0 radical (unpaired) electrons. The molecule has 1 unspecified atom stereocenters. The molecule has 0 aliphatic carbocycles. The number of hydrogen-bond acceptors (Lipinski definition) is 4. The van der Waals surface area contributed by atoms with Crippen LogP contribution in [-0.4, -0.2) is 17.7 Å². The van der Waals surface area contributed by atoms with Crippen molar-refractivity contribution in [3.8, 4) is 0 Å². The third-order valence-electron chi connectivity index (χ3n) is 3.58. The van der Waals surface area contributed by atoms with Gasteiger partial charge in [-0.25, -0.2) is 4.79 Å². The van der Waals surface area contributed by atoms with Crippen molar-refractivity contribution in [2.45, 2.75) is 45.4 Å². The molecule has 2 aromatic rings. The average molecular weight is 390 g/mol. The second kappa shape index (κ2) is 9.42. The van der Waals surface area contributed by atoms with Crippen LogP contribution in [-0.2, 0) is 20.9 Å². The van der Waals surface area contributed by atoms with Gasteiger partial charge in [-0.05, 0) is 44.0 Å². The van der Waals surface area contributed by atoms with E-state index in [1.54, 1.807) is 45.0 Å². The standard InChI is InChI=1S/C21H24ClNO4/c1-21(2,3)27-20(25)23-18(16-9-11-17(22)12-10-16)13-19(24)26-14-15-7-5-4-6-8-15/h4-12,18H,13-14H2,1-3H3,(H,23,25). The van der Waals surface area contributed by atoms with Gasteiger partial charge in [0.1, 0.15) is 12.2 Å². The summed E-state index contributed by atoms with van der Waals surface area (Å²) in [6.45, 7) is 5.51. The molecule has 1 atom stereocenters. The maximum absolute atomic E-state index is 12.3. The van der Waals surface area contributed by atoms with Gasteiger partial charge in [-0.2, -0.15) is 0 Å². The summed E-state index contributed by atoms with van der Waals surface area (Å²) in [4.78, 5) is 24.5. The monoisotopic (exact) mass is 389 g/mol. The van der Waals surface area contributed by atoms with Gasteiger partial charge in [-0.15, -0.1) is 0 Å². The van der Waals surface area contributed by atoms with E-state index in [9.17, 15) is 9.59 Å². The van der Waals surface area contributed by atoms with Gasteiger partial charge >= 0.3 is 12.1 Å². The second-order valence-corrected chi connectivity index (χ2v) is 7.54. The summed E-state index contributed by atoms with van der Waals surface area (Å²) in [5, 5.41) is 3.30. The fraction of sp³-hybridized carbons (Fsp3) is 0.333. The van der Waals surface area contributed by atoms with E-state index < -0.39 is 23.7 Å². The Morgan fingerprint density at radius 2 is 1.67 bits per heavy atom. The summed E-state index contributed by atoms with van der Waals surface area (Å²) < 4.78 is 10.6. The number of carbonyl (C=O) groups excluding carboxylic acids is 2. The zero-order valence-corrected chi connectivity index (χ0v) is 16.5.